The average molecular weight is 1240 g/mol. The van der Waals surface area contributed by atoms with Crippen molar-refractivity contribution >= 4 is 30.5 Å². The van der Waals surface area contributed by atoms with Crippen LogP contribution in [0.3, 0.4) is 0 Å². The van der Waals surface area contributed by atoms with Gasteiger partial charge in [-0.3, -0.25) is 0 Å². The fourth-order valence-corrected chi connectivity index (χ4v) is 12.3. The Labute approximate surface area is 523 Å². The first-order valence-electron chi connectivity index (χ1n) is 30.9. The zero-order valence-electron chi connectivity index (χ0n) is 51.0. The number of hydrogen-bond donors (Lipinski definition) is 4. The SMILES string of the molecule is CCC1OC(OC2C(CC)OC(OC3C(O)C(NC(=O)OCc4ccccc4)CC(NC(=O)OCc4ccccc4)C3OC3OC4COC(c5ccccc5)OC4C(C)C3C)C2OCC=O)C(NC(=O)OCc2ccccc2)C(OC(=O)c2ccccc2)C1C. The molecule has 4 N–H and O–H groups in total. The number of rotatable bonds is 23. The molecular weight excluding hydrogens is 1160 g/mol. The van der Waals surface area contributed by atoms with Crippen molar-refractivity contribution in [1.82, 2.24) is 16.0 Å². The van der Waals surface area contributed by atoms with E-state index in [1.807, 2.05) is 144 Å². The van der Waals surface area contributed by atoms with E-state index in [1.54, 1.807) is 42.5 Å². The van der Waals surface area contributed by atoms with E-state index in [2.05, 4.69) is 16.0 Å². The summed E-state index contributed by atoms with van der Waals surface area (Å²) in [4.78, 5) is 68.4. The Morgan fingerprint density at radius 3 is 1.61 bits per heavy atom. The van der Waals surface area contributed by atoms with E-state index >= 15 is 0 Å². The van der Waals surface area contributed by atoms with Crippen LogP contribution in [0.2, 0.25) is 0 Å². The molecule has 0 spiro atoms. The molecule has 1 saturated carbocycles. The van der Waals surface area contributed by atoms with Gasteiger partial charge in [0.2, 0.25) is 0 Å². The second-order valence-corrected chi connectivity index (χ2v) is 23.3. The number of fused-ring (bicyclic) bond motifs is 1. The number of aldehydes is 1. The lowest BCUT2D eigenvalue weighted by molar-refractivity contribution is -0.358. The third-order valence-corrected chi connectivity index (χ3v) is 17.3. The lowest BCUT2D eigenvalue weighted by atomic mass is 9.82. The molecule has 90 heavy (non-hydrogen) atoms. The van der Waals surface area contributed by atoms with Gasteiger partial charge in [0, 0.05) is 17.4 Å². The molecule has 482 valence electrons. The highest BCUT2D eigenvalue weighted by molar-refractivity contribution is 5.89. The van der Waals surface area contributed by atoms with Crippen LogP contribution in [0.1, 0.15) is 92.8 Å². The van der Waals surface area contributed by atoms with Gasteiger partial charge >= 0.3 is 24.2 Å². The molecule has 3 amide bonds. The Hall–Kier alpha value is -7.35. The van der Waals surface area contributed by atoms with E-state index in [9.17, 15) is 29.1 Å². The third-order valence-electron chi connectivity index (χ3n) is 17.3. The van der Waals surface area contributed by atoms with Crippen molar-refractivity contribution in [2.45, 2.75) is 178 Å². The van der Waals surface area contributed by atoms with Crippen molar-refractivity contribution in [2.75, 3.05) is 13.2 Å². The first-order chi connectivity index (χ1) is 43.8. The lowest BCUT2D eigenvalue weighted by Gasteiger charge is -2.51. The number of amides is 3. The van der Waals surface area contributed by atoms with E-state index in [-0.39, 0.29) is 56.7 Å². The van der Waals surface area contributed by atoms with Crippen LogP contribution in [0.15, 0.2) is 152 Å². The minimum absolute atomic E-state index is 0.0828. The van der Waals surface area contributed by atoms with Crippen LogP contribution in [0.25, 0.3) is 0 Å². The number of carbonyl (C=O) groups is 5. The lowest BCUT2D eigenvalue weighted by Crippen LogP contribution is -2.68. The van der Waals surface area contributed by atoms with Crippen LogP contribution in [0.4, 0.5) is 14.4 Å². The van der Waals surface area contributed by atoms with Gasteiger partial charge in [-0.1, -0.05) is 174 Å². The van der Waals surface area contributed by atoms with Gasteiger partial charge in [0.1, 0.15) is 81.5 Å². The molecular formula is C68H81N3O19. The molecule has 10 rings (SSSR count). The highest BCUT2D eigenvalue weighted by Crippen LogP contribution is 2.43. The second-order valence-electron chi connectivity index (χ2n) is 23.3. The molecule has 4 heterocycles. The number of hydrogen-bond acceptors (Lipinski definition) is 19. The summed E-state index contributed by atoms with van der Waals surface area (Å²) < 4.78 is 84.1. The smallest absolute Gasteiger partial charge is 0.407 e. The number of carbonyl (C=O) groups excluding carboxylic acids is 5. The van der Waals surface area contributed by atoms with Crippen molar-refractivity contribution in [3.05, 3.63) is 179 Å². The van der Waals surface area contributed by atoms with Crippen molar-refractivity contribution in [1.29, 1.82) is 0 Å². The van der Waals surface area contributed by atoms with E-state index in [0.717, 1.165) is 16.7 Å². The molecule has 0 bridgehead atoms. The zero-order valence-corrected chi connectivity index (χ0v) is 51.0. The molecule has 0 radical (unpaired) electrons. The van der Waals surface area contributed by atoms with E-state index in [1.165, 1.54) is 0 Å². The van der Waals surface area contributed by atoms with Gasteiger partial charge < -0.3 is 87.4 Å². The van der Waals surface area contributed by atoms with E-state index < -0.39 is 141 Å². The Morgan fingerprint density at radius 1 is 0.533 bits per heavy atom. The Bertz CT molecular complexity index is 3070. The summed E-state index contributed by atoms with van der Waals surface area (Å²) in [5, 5.41) is 21.6. The standard InChI is InChI=1S/C68H81N3O19/c1-6-50-42(5)56(86-61(74)46-29-19-11-20-30-46)53(71-68(77)82-38-45-27-17-10-18-28-45)64(83-50)89-58-51(7-2)84-65(60(58)78-34-33-72)90-59-54(73)48(69-66(75)80-36-43-23-13-8-14-24-43)35-49(70-67(76)81-37-44-25-15-9-16-26-44)57(59)88-62-41(4)40(3)55-52(85-62)39-79-63(87-55)47-31-21-12-22-32-47/h8-33,40-42,48-60,62-65,73H,6-7,34-39H2,1-5H3,(H,69,75)(H,70,76)(H,71,77). The van der Waals surface area contributed by atoms with Crippen LogP contribution in [-0.2, 0) is 86.2 Å². The van der Waals surface area contributed by atoms with Gasteiger partial charge in [-0.25, -0.2) is 19.2 Å². The molecule has 0 aromatic heterocycles. The second kappa shape index (κ2) is 31.6. The Balaban J connectivity index is 0.971. The van der Waals surface area contributed by atoms with Crippen LogP contribution < -0.4 is 16.0 Å². The van der Waals surface area contributed by atoms with Crippen LogP contribution in [0, 0.1) is 17.8 Å². The van der Waals surface area contributed by atoms with Crippen molar-refractivity contribution in [3.63, 3.8) is 0 Å². The molecule has 5 aromatic rings. The third kappa shape index (κ3) is 16.4. The fourth-order valence-electron chi connectivity index (χ4n) is 12.3. The predicted octanol–water partition coefficient (Wildman–Crippen LogP) is 8.62. The number of esters is 1. The van der Waals surface area contributed by atoms with E-state index in [0.29, 0.717) is 18.3 Å². The van der Waals surface area contributed by atoms with Crippen LogP contribution in [0.5, 0.6) is 0 Å². The number of ether oxygens (including phenoxy) is 13. The number of nitrogens with one attached hydrogen (secondary N) is 3. The number of aliphatic hydroxyl groups excluding tert-OH is 1. The van der Waals surface area contributed by atoms with Gasteiger partial charge in [-0.05, 0) is 54.0 Å². The number of aliphatic hydroxyl groups is 1. The molecule has 20 atom stereocenters. The molecule has 20 unspecified atom stereocenters. The molecule has 5 aromatic carbocycles. The summed E-state index contributed by atoms with van der Waals surface area (Å²) in [6.45, 7) is 8.97. The summed E-state index contributed by atoms with van der Waals surface area (Å²) in [6.07, 6.45) is -16.6. The molecule has 5 fully saturated rings. The van der Waals surface area contributed by atoms with Crippen molar-refractivity contribution in [2.24, 2.45) is 17.8 Å². The minimum Gasteiger partial charge on any atom is -0.456 e. The van der Waals surface area contributed by atoms with Crippen molar-refractivity contribution in [3.8, 4) is 0 Å². The molecule has 22 nitrogen and oxygen atoms in total. The Kier molecular flexibility index (Phi) is 23.0. The number of benzene rings is 5. The molecule has 5 aliphatic rings. The van der Waals surface area contributed by atoms with Gasteiger partial charge in [0.05, 0.1) is 42.6 Å². The van der Waals surface area contributed by atoms with Crippen molar-refractivity contribution < 1.29 is 90.7 Å². The summed E-state index contributed by atoms with van der Waals surface area (Å²) >= 11 is 0. The number of alkyl carbamates (subject to hydrolysis) is 3. The van der Waals surface area contributed by atoms with Gasteiger partial charge in [0.15, 0.2) is 25.2 Å². The first kappa shape index (κ1) is 65.6. The maximum Gasteiger partial charge on any atom is 0.407 e. The zero-order chi connectivity index (χ0) is 63.1. The normalized spacial score (nSPS) is 32.2. The Morgan fingerprint density at radius 2 is 1.04 bits per heavy atom. The highest BCUT2D eigenvalue weighted by Gasteiger charge is 2.57. The molecule has 4 aliphatic heterocycles. The maximum atomic E-state index is 14.2. The van der Waals surface area contributed by atoms with E-state index in [4.69, 9.17) is 61.6 Å². The van der Waals surface area contributed by atoms with Gasteiger partial charge in [0.25, 0.3) is 0 Å². The first-order valence-corrected chi connectivity index (χ1v) is 30.9. The summed E-state index contributed by atoms with van der Waals surface area (Å²) in [6, 6.07) is 41.8. The maximum absolute atomic E-state index is 14.2. The monoisotopic (exact) mass is 1240 g/mol. The summed E-state index contributed by atoms with van der Waals surface area (Å²) in [5.41, 5.74) is 3.28. The quantitative estimate of drug-likeness (QED) is 0.0271. The van der Waals surface area contributed by atoms with Gasteiger partial charge in [-0.15, -0.1) is 0 Å². The summed E-state index contributed by atoms with van der Waals surface area (Å²) in [5.74, 6) is -1.74. The summed E-state index contributed by atoms with van der Waals surface area (Å²) in [7, 11) is 0. The molecule has 4 saturated heterocycles. The largest absolute Gasteiger partial charge is 0.456 e. The highest BCUT2D eigenvalue weighted by atomic mass is 16.8. The molecule has 22 heteroatoms. The minimum atomic E-state index is -1.64. The molecule has 1 aliphatic carbocycles. The van der Waals surface area contributed by atoms with Gasteiger partial charge in [-0.2, -0.15) is 0 Å². The fraction of sp³-hybridized carbons (Fsp3) is 0.485. The van der Waals surface area contributed by atoms with Crippen LogP contribution >= 0.6 is 0 Å². The topological polar surface area (TPSA) is 262 Å². The van der Waals surface area contributed by atoms with Crippen LogP contribution in [-0.4, -0.2) is 147 Å². The predicted molar refractivity (Wildman–Crippen MR) is 321 cm³/mol. The average Bonchev–Trinajstić information content (AvgIpc) is 1.97.